The van der Waals surface area contributed by atoms with Gasteiger partial charge < -0.3 is 4.90 Å². The number of carbonyl (C=O) groups is 2. The number of hydrogen-bond donors (Lipinski definition) is 0. The van der Waals surface area contributed by atoms with Crippen molar-refractivity contribution in [2.75, 3.05) is 7.05 Å². The minimum absolute atomic E-state index is 0.0569. The molecule has 1 unspecified atom stereocenters. The van der Waals surface area contributed by atoms with E-state index in [1.165, 1.54) is 0 Å². The second-order valence-corrected chi connectivity index (χ2v) is 4.05. The summed E-state index contributed by atoms with van der Waals surface area (Å²) in [6.45, 7) is 7.42. The predicted molar refractivity (Wildman–Crippen MR) is 57.0 cm³/mol. The lowest BCUT2D eigenvalue weighted by Gasteiger charge is -2.29. The highest BCUT2D eigenvalue weighted by atomic mass is 16.2. The molecule has 0 aliphatic carbocycles. The first-order valence-electron chi connectivity index (χ1n) is 5.17. The van der Waals surface area contributed by atoms with Crippen LogP contribution in [0, 0.1) is 5.92 Å². The van der Waals surface area contributed by atoms with E-state index >= 15 is 0 Å². The normalized spacial score (nSPS) is 12.7. The monoisotopic (exact) mass is 199 g/mol. The zero-order chi connectivity index (χ0) is 11.3. The van der Waals surface area contributed by atoms with Crippen LogP contribution in [0.5, 0.6) is 0 Å². The predicted octanol–water partition coefficient (Wildman–Crippen LogP) is 1.86. The molecular weight excluding hydrogens is 178 g/mol. The molecule has 1 amide bonds. The quantitative estimate of drug-likeness (QED) is 0.677. The standard InChI is InChI=1S/C11H21NO2/c1-6-7-10(14)12(5)11(8(2)3)9(4)13/h8,11H,6-7H2,1-5H3. The van der Waals surface area contributed by atoms with Gasteiger partial charge in [0.2, 0.25) is 5.91 Å². The molecular formula is C11H21NO2. The van der Waals surface area contributed by atoms with Gasteiger partial charge in [0.1, 0.15) is 0 Å². The van der Waals surface area contributed by atoms with Gasteiger partial charge in [0.05, 0.1) is 6.04 Å². The van der Waals surface area contributed by atoms with Gasteiger partial charge in [0.15, 0.2) is 5.78 Å². The second-order valence-electron chi connectivity index (χ2n) is 4.05. The smallest absolute Gasteiger partial charge is 0.222 e. The maximum absolute atomic E-state index is 11.6. The lowest BCUT2D eigenvalue weighted by atomic mass is 9.99. The van der Waals surface area contributed by atoms with Gasteiger partial charge in [-0.25, -0.2) is 0 Å². The molecule has 82 valence electrons. The minimum atomic E-state index is -0.269. The van der Waals surface area contributed by atoms with Crippen LogP contribution in [-0.2, 0) is 9.59 Å². The van der Waals surface area contributed by atoms with Crippen molar-refractivity contribution < 1.29 is 9.59 Å². The van der Waals surface area contributed by atoms with Crippen molar-refractivity contribution in [3.63, 3.8) is 0 Å². The third-order valence-electron chi connectivity index (χ3n) is 2.32. The van der Waals surface area contributed by atoms with Crippen molar-refractivity contribution in [1.82, 2.24) is 4.90 Å². The Morgan fingerprint density at radius 3 is 2.07 bits per heavy atom. The molecule has 0 aromatic rings. The van der Waals surface area contributed by atoms with E-state index in [0.717, 1.165) is 6.42 Å². The van der Waals surface area contributed by atoms with Crippen LogP contribution in [0.3, 0.4) is 0 Å². The average Bonchev–Trinajstić information content (AvgIpc) is 2.03. The molecule has 14 heavy (non-hydrogen) atoms. The fraction of sp³-hybridized carbons (Fsp3) is 0.818. The molecule has 3 nitrogen and oxygen atoms in total. The molecule has 0 radical (unpaired) electrons. The first-order chi connectivity index (χ1) is 6.41. The highest BCUT2D eigenvalue weighted by molar-refractivity contribution is 5.87. The Hall–Kier alpha value is -0.860. The van der Waals surface area contributed by atoms with Gasteiger partial charge in [-0.1, -0.05) is 20.8 Å². The fourth-order valence-corrected chi connectivity index (χ4v) is 1.73. The van der Waals surface area contributed by atoms with Crippen LogP contribution in [0.2, 0.25) is 0 Å². The van der Waals surface area contributed by atoms with Crippen molar-refractivity contribution in [1.29, 1.82) is 0 Å². The lowest BCUT2D eigenvalue weighted by molar-refractivity contribution is -0.138. The number of nitrogens with zero attached hydrogens (tertiary/aromatic N) is 1. The third-order valence-corrected chi connectivity index (χ3v) is 2.32. The van der Waals surface area contributed by atoms with Gasteiger partial charge in [-0.15, -0.1) is 0 Å². The topological polar surface area (TPSA) is 37.4 Å². The molecule has 0 rings (SSSR count). The van der Waals surface area contributed by atoms with Gasteiger partial charge in [0.25, 0.3) is 0 Å². The molecule has 1 atom stereocenters. The Balaban J connectivity index is 4.51. The summed E-state index contributed by atoms with van der Waals surface area (Å²) in [5.41, 5.74) is 0. The van der Waals surface area contributed by atoms with Gasteiger partial charge in [-0.3, -0.25) is 9.59 Å². The minimum Gasteiger partial charge on any atom is -0.335 e. The zero-order valence-corrected chi connectivity index (χ0v) is 9.83. The molecule has 0 aromatic heterocycles. The number of carbonyl (C=O) groups excluding carboxylic acids is 2. The fourth-order valence-electron chi connectivity index (χ4n) is 1.73. The molecule has 0 aliphatic rings. The van der Waals surface area contributed by atoms with Crippen LogP contribution >= 0.6 is 0 Å². The van der Waals surface area contributed by atoms with Gasteiger partial charge >= 0.3 is 0 Å². The highest BCUT2D eigenvalue weighted by Crippen LogP contribution is 2.11. The first-order valence-corrected chi connectivity index (χ1v) is 5.17. The number of likely N-dealkylation sites (N-methyl/N-ethyl adjacent to an activating group) is 1. The Morgan fingerprint density at radius 2 is 1.79 bits per heavy atom. The molecule has 0 spiro atoms. The van der Waals surface area contributed by atoms with Crippen LogP contribution in [-0.4, -0.2) is 29.7 Å². The summed E-state index contributed by atoms with van der Waals surface area (Å²) in [5, 5.41) is 0. The summed E-state index contributed by atoms with van der Waals surface area (Å²) in [6.07, 6.45) is 1.35. The van der Waals surface area contributed by atoms with E-state index in [-0.39, 0.29) is 23.7 Å². The SMILES string of the molecule is CCCC(=O)N(C)C(C(C)=O)C(C)C. The van der Waals surface area contributed by atoms with E-state index in [4.69, 9.17) is 0 Å². The molecule has 0 bridgehead atoms. The van der Waals surface area contributed by atoms with Crippen LogP contribution < -0.4 is 0 Å². The Labute approximate surface area is 86.5 Å². The number of rotatable bonds is 5. The summed E-state index contributed by atoms with van der Waals surface area (Å²) in [5.74, 6) is 0.298. The number of hydrogen-bond acceptors (Lipinski definition) is 2. The molecule has 0 N–H and O–H groups in total. The largest absolute Gasteiger partial charge is 0.335 e. The zero-order valence-electron chi connectivity index (χ0n) is 9.83. The van der Waals surface area contributed by atoms with Crippen LogP contribution in [0.25, 0.3) is 0 Å². The summed E-state index contributed by atoms with van der Waals surface area (Å²) in [4.78, 5) is 24.5. The van der Waals surface area contributed by atoms with E-state index in [0.29, 0.717) is 6.42 Å². The van der Waals surface area contributed by atoms with Gasteiger partial charge in [-0.05, 0) is 19.3 Å². The Kier molecular flexibility index (Phi) is 5.43. The van der Waals surface area contributed by atoms with Gasteiger partial charge in [-0.2, -0.15) is 0 Å². The Morgan fingerprint density at radius 1 is 1.29 bits per heavy atom. The summed E-state index contributed by atoms with van der Waals surface area (Å²) >= 11 is 0. The maximum Gasteiger partial charge on any atom is 0.222 e. The van der Waals surface area contributed by atoms with E-state index < -0.39 is 0 Å². The van der Waals surface area contributed by atoms with Gasteiger partial charge in [0, 0.05) is 13.5 Å². The van der Waals surface area contributed by atoms with E-state index in [2.05, 4.69) is 0 Å². The van der Waals surface area contributed by atoms with Crippen molar-refractivity contribution in [3.05, 3.63) is 0 Å². The van der Waals surface area contributed by atoms with Crippen molar-refractivity contribution in [2.45, 2.75) is 46.6 Å². The van der Waals surface area contributed by atoms with Crippen molar-refractivity contribution in [3.8, 4) is 0 Å². The van der Waals surface area contributed by atoms with E-state index in [9.17, 15) is 9.59 Å². The molecule has 0 saturated carbocycles. The van der Waals surface area contributed by atoms with E-state index in [1.807, 2.05) is 20.8 Å². The third kappa shape index (κ3) is 3.48. The van der Waals surface area contributed by atoms with Crippen LogP contribution in [0.4, 0.5) is 0 Å². The number of amides is 1. The number of Topliss-reactive ketones (excluding diaryl/α,β-unsaturated/α-hetero) is 1. The van der Waals surface area contributed by atoms with E-state index in [1.54, 1.807) is 18.9 Å². The summed E-state index contributed by atoms with van der Waals surface area (Å²) in [7, 11) is 1.71. The molecule has 0 fully saturated rings. The van der Waals surface area contributed by atoms with Crippen LogP contribution in [0.1, 0.15) is 40.5 Å². The summed E-state index contributed by atoms with van der Waals surface area (Å²) < 4.78 is 0. The lowest BCUT2D eigenvalue weighted by Crippen LogP contribution is -2.44. The molecule has 0 heterocycles. The number of ketones is 1. The first kappa shape index (κ1) is 13.1. The molecule has 0 saturated heterocycles. The maximum atomic E-state index is 11.6. The average molecular weight is 199 g/mol. The Bertz CT molecular complexity index is 211. The molecule has 0 aliphatic heterocycles. The summed E-state index contributed by atoms with van der Waals surface area (Å²) in [6, 6.07) is -0.269. The van der Waals surface area contributed by atoms with Crippen LogP contribution in [0.15, 0.2) is 0 Å². The molecule has 3 heteroatoms. The molecule has 0 aromatic carbocycles. The van der Waals surface area contributed by atoms with Crippen molar-refractivity contribution >= 4 is 11.7 Å². The van der Waals surface area contributed by atoms with Crippen molar-refractivity contribution in [2.24, 2.45) is 5.92 Å². The second kappa shape index (κ2) is 5.78. The highest BCUT2D eigenvalue weighted by Gasteiger charge is 2.25.